The van der Waals surface area contributed by atoms with Crippen LogP contribution in [-0.4, -0.2) is 14.1 Å². The van der Waals surface area contributed by atoms with Gasteiger partial charge in [-0.1, -0.05) is 119 Å². The van der Waals surface area contributed by atoms with Gasteiger partial charge in [-0.2, -0.15) is 5.26 Å². The summed E-state index contributed by atoms with van der Waals surface area (Å²) >= 11 is 0. The van der Waals surface area contributed by atoms with Gasteiger partial charge in [0.1, 0.15) is 6.07 Å². The minimum atomic E-state index is 0.575. The molecular formula is C72H62N4. The van der Waals surface area contributed by atoms with Crippen molar-refractivity contribution in [3.8, 4) is 73.1 Å². The number of fused-ring (bicyclic) bond motifs is 6. The van der Waals surface area contributed by atoms with E-state index in [1.807, 2.05) is 12.4 Å². The Morgan fingerprint density at radius 2 is 0.605 bits per heavy atom. The van der Waals surface area contributed by atoms with Crippen molar-refractivity contribution in [2.75, 3.05) is 0 Å². The fourth-order valence-electron chi connectivity index (χ4n) is 13.5. The van der Waals surface area contributed by atoms with Crippen molar-refractivity contribution in [3.05, 3.63) is 230 Å². The van der Waals surface area contributed by atoms with Crippen molar-refractivity contribution in [2.45, 2.75) is 83.1 Å². The first kappa shape index (κ1) is 48.2. The molecule has 0 bridgehead atoms. The maximum Gasteiger partial charge on any atom is 0.101 e. The zero-order chi connectivity index (χ0) is 53.0. The molecule has 3 aromatic heterocycles. The third-order valence-electron chi connectivity index (χ3n) is 16.1. The standard InChI is InChI=1S/C72H62N4/c1-40-25-44(5)69(45(6)26-40)53-13-17-58-59-18-14-54(70-46(7)27-41(2)28-47(70)8)34-65(59)75(64(58)33-53)63-38-62(52-21-23-74-24-22-52)68(37-57(63)39-73)76-66-35-55(71-48(9)29-42(3)30-49(71)10)15-19-60(66)61-20-16-56(36-67(61)76)72-50(11)31-43(4)32-51(72)12/h13-38H,1-12H3. The summed E-state index contributed by atoms with van der Waals surface area (Å²) in [4.78, 5) is 4.54. The van der Waals surface area contributed by atoms with E-state index in [-0.39, 0.29) is 0 Å². The average molecular weight is 983 g/mol. The van der Waals surface area contributed by atoms with Crippen molar-refractivity contribution >= 4 is 43.6 Å². The molecule has 0 unspecified atom stereocenters. The third-order valence-corrected chi connectivity index (χ3v) is 16.1. The molecule has 76 heavy (non-hydrogen) atoms. The van der Waals surface area contributed by atoms with Gasteiger partial charge in [-0.25, -0.2) is 0 Å². The van der Waals surface area contributed by atoms with Crippen molar-refractivity contribution in [1.29, 1.82) is 5.26 Å². The molecule has 0 aliphatic heterocycles. The Bertz CT molecular complexity index is 4150. The first-order valence-corrected chi connectivity index (χ1v) is 26.6. The lowest BCUT2D eigenvalue weighted by atomic mass is 9.92. The number of benzene rings is 9. The molecule has 4 nitrogen and oxygen atoms in total. The van der Waals surface area contributed by atoms with Crippen LogP contribution in [0, 0.1) is 94.4 Å². The van der Waals surface area contributed by atoms with Crippen LogP contribution in [0.3, 0.4) is 0 Å². The van der Waals surface area contributed by atoms with E-state index in [4.69, 9.17) is 0 Å². The van der Waals surface area contributed by atoms with Crippen LogP contribution in [0.15, 0.2) is 158 Å². The first-order valence-electron chi connectivity index (χ1n) is 26.6. The Balaban J connectivity index is 1.21. The van der Waals surface area contributed by atoms with Gasteiger partial charge in [-0.3, -0.25) is 4.98 Å². The van der Waals surface area contributed by atoms with Crippen LogP contribution in [0.2, 0.25) is 0 Å². The molecule has 3 heterocycles. The summed E-state index contributed by atoms with van der Waals surface area (Å²) in [6, 6.07) is 57.5. The minimum Gasteiger partial charge on any atom is -0.309 e. The molecule has 0 radical (unpaired) electrons. The highest BCUT2D eigenvalue weighted by molar-refractivity contribution is 6.13. The number of pyridine rings is 1. The van der Waals surface area contributed by atoms with E-state index in [1.165, 1.54) is 89.0 Å². The molecule has 12 rings (SSSR count). The van der Waals surface area contributed by atoms with E-state index in [2.05, 4.69) is 249 Å². The number of nitrogens with zero attached hydrogens (tertiary/aromatic N) is 4. The zero-order valence-electron chi connectivity index (χ0n) is 45.8. The monoisotopic (exact) mass is 982 g/mol. The predicted octanol–water partition coefficient (Wildman–Crippen LogP) is 19.2. The second-order valence-electron chi connectivity index (χ2n) is 21.9. The molecule has 9 aromatic carbocycles. The molecule has 0 aliphatic carbocycles. The Hall–Kier alpha value is -8.78. The lowest BCUT2D eigenvalue weighted by Gasteiger charge is -2.20. The topological polar surface area (TPSA) is 46.5 Å². The molecule has 12 aromatic rings. The molecule has 0 fully saturated rings. The van der Waals surface area contributed by atoms with Crippen LogP contribution in [0.5, 0.6) is 0 Å². The van der Waals surface area contributed by atoms with Gasteiger partial charge in [0.2, 0.25) is 0 Å². The van der Waals surface area contributed by atoms with Crippen molar-refractivity contribution in [2.24, 2.45) is 0 Å². The smallest absolute Gasteiger partial charge is 0.101 e. The number of rotatable bonds is 7. The summed E-state index contributed by atoms with van der Waals surface area (Å²) in [7, 11) is 0. The Morgan fingerprint density at radius 3 is 0.895 bits per heavy atom. The Kier molecular flexibility index (Phi) is 11.6. The van der Waals surface area contributed by atoms with Crippen LogP contribution < -0.4 is 0 Å². The maximum absolute atomic E-state index is 11.8. The Labute approximate surface area is 447 Å². The van der Waals surface area contributed by atoms with Crippen LogP contribution in [0.25, 0.3) is 111 Å². The largest absolute Gasteiger partial charge is 0.309 e. The van der Waals surface area contributed by atoms with Gasteiger partial charge in [-0.05, 0) is 226 Å². The summed E-state index contributed by atoms with van der Waals surface area (Å²) in [5.74, 6) is 0. The Morgan fingerprint density at radius 1 is 0.316 bits per heavy atom. The van der Waals surface area contributed by atoms with Crippen LogP contribution in [-0.2, 0) is 0 Å². The molecule has 0 saturated heterocycles. The molecule has 0 aliphatic rings. The summed E-state index contributed by atoms with van der Waals surface area (Å²) in [5, 5.41) is 16.4. The summed E-state index contributed by atoms with van der Waals surface area (Å²) in [6.45, 7) is 26.4. The van der Waals surface area contributed by atoms with Crippen LogP contribution in [0.4, 0.5) is 0 Å². The second-order valence-corrected chi connectivity index (χ2v) is 21.9. The van der Waals surface area contributed by atoms with Gasteiger partial charge in [0.15, 0.2) is 0 Å². The predicted molar refractivity (Wildman–Crippen MR) is 322 cm³/mol. The highest BCUT2D eigenvalue weighted by Crippen LogP contribution is 2.45. The quantitative estimate of drug-likeness (QED) is 0.160. The fourth-order valence-corrected chi connectivity index (χ4v) is 13.5. The van der Waals surface area contributed by atoms with Gasteiger partial charge >= 0.3 is 0 Å². The van der Waals surface area contributed by atoms with Gasteiger partial charge in [0.05, 0.1) is 39.0 Å². The van der Waals surface area contributed by atoms with E-state index in [0.29, 0.717) is 5.56 Å². The van der Waals surface area contributed by atoms with E-state index in [1.54, 1.807) is 0 Å². The highest BCUT2D eigenvalue weighted by atomic mass is 15.0. The van der Waals surface area contributed by atoms with E-state index in [0.717, 1.165) is 88.4 Å². The molecule has 0 saturated carbocycles. The molecule has 0 N–H and O–H groups in total. The number of aryl methyl sites for hydroxylation is 12. The van der Waals surface area contributed by atoms with Gasteiger partial charge in [-0.15, -0.1) is 0 Å². The summed E-state index contributed by atoms with van der Waals surface area (Å²) < 4.78 is 4.81. The fraction of sp³-hybridized carbons (Fsp3) is 0.167. The lowest BCUT2D eigenvalue weighted by molar-refractivity contribution is 1.13. The normalized spacial score (nSPS) is 11.7. The third kappa shape index (κ3) is 7.84. The van der Waals surface area contributed by atoms with Crippen LogP contribution >= 0.6 is 0 Å². The molecular weight excluding hydrogens is 921 g/mol. The number of aromatic nitrogens is 3. The number of hydrogen-bond acceptors (Lipinski definition) is 2. The van der Waals surface area contributed by atoms with Crippen molar-refractivity contribution in [3.63, 3.8) is 0 Å². The van der Waals surface area contributed by atoms with E-state index >= 15 is 0 Å². The number of hydrogen-bond donors (Lipinski definition) is 0. The van der Waals surface area contributed by atoms with Crippen molar-refractivity contribution in [1.82, 2.24) is 14.1 Å². The average Bonchev–Trinajstić information content (AvgIpc) is 3.92. The maximum atomic E-state index is 11.8. The first-order chi connectivity index (χ1) is 36.6. The molecule has 4 heteroatoms. The molecule has 0 atom stereocenters. The second kappa shape index (κ2) is 18.3. The van der Waals surface area contributed by atoms with E-state index < -0.39 is 0 Å². The van der Waals surface area contributed by atoms with Gasteiger partial charge < -0.3 is 9.13 Å². The minimum absolute atomic E-state index is 0.575. The molecule has 0 amide bonds. The van der Waals surface area contributed by atoms with Crippen molar-refractivity contribution < 1.29 is 0 Å². The van der Waals surface area contributed by atoms with Gasteiger partial charge in [0, 0.05) is 39.5 Å². The van der Waals surface area contributed by atoms with Gasteiger partial charge in [0.25, 0.3) is 0 Å². The zero-order valence-corrected chi connectivity index (χ0v) is 45.8. The molecule has 0 spiro atoms. The number of nitriles is 1. The highest BCUT2D eigenvalue weighted by Gasteiger charge is 2.25. The lowest BCUT2D eigenvalue weighted by Crippen LogP contribution is -2.04. The SMILES string of the molecule is Cc1cc(C)c(-c2ccc3c4ccc(-c5c(C)cc(C)cc5C)cc4n(-c4cc(-c5ccncc5)c(-n5c6cc(-c7c(C)cc(C)cc7C)ccc6c6ccc(-c7c(C)cc(C)cc7C)cc65)cc4C#N)c3c2)c(C)c1. The summed E-state index contributed by atoms with van der Waals surface area (Å²) in [6.07, 6.45) is 3.75. The summed E-state index contributed by atoms with van der Waals surface area (Å²) in [5.41, 5.74) is 33.1. The van der Waals surface area contributed by atoms with Crippen LogP contribution in [0.1, 0.15) is 72.3 Å². The molecule has 370 valence electrons. The van der Waals surface area contributed by atoms with E-state index in [9.17, 15) is 5.26 Å².